The summed E-state index contributed by atoms with van der Waals surface area (Å²) < 4.78 is 0. The van der Waals surface area contributed by atoms with E-state index in [1.54, 1.807) is 0 Å². The van der Waals surface area contributed by atoms with Gasteiger partial charge in [0.2, 0.25) is 5.91 Å². The second-order valence-electron chi connectivity index (χ2n) is 6.80. The highest BCUT2D eigenvalue weighted by Crippen LogP contribution is 2.16. The maximum absolute atomic E-state index is 12.3. The Morgan fingerprint density at radius 1 is 1.14 bits per heavy atom. The van der Waals surface area contributed by atoms with Crippen LogP contribution in [0.4, 0.5) is 0 Å². The fraction of sp³-hybridized carbons (Fsp3) is 0.941. The zero-order valence-corrected chi connectivity index (χ0v) is 13.9. The van der Waals surface area contributed by atoms with E-state index < -0.39 is 0 Å². The molecule has 2 unspecified atom stereocenters. The van der Waals surface area contributed by atoms with Gasteiger partial charge in [0.05, 0.1) is 6.04 Å². The van der Waals surface area contributed by atoms with Crippen LogP contribution in [0.1, 0.15) is 58.8 Å². The van der Waals surface area contributed by atoms with Crippen molar-refractivity contribution in [3.63, 3.8) is 0 Å². The maximum Gasteiger partial charge on any atom is 0.239 e. The monoisotopic (exact) mass is 295 g/mol. The second kappa shape index (κ2) is 8.74. The van der Waals surface area contributed by atoms with Crippen LogP contribution in [-0.4, -0.2) is 60.5 Å². The van der Waals surface area contributed by atoms with Crippen molar-refractivity contribution < 1.29 is 4.79 Å². The number of hydrogen-bond donors (Lipinski definition) is 1. The molecule has 0 aromatic rings. The molecular weight excluding hydrogens is 262 g/mol. The van der Waals surface area contributed by atoms with Gasteiger partial charge in [0.1, 0.15) is 0 Å². The Labute approximate surface area is 130 Å². The first kappa shape index (κ1) is 16.8. The van der Waals surface area contributed by atoms with Gasteiger partial charge in [0.15, 0.2) is 0 Å². The summed E-state index contributed by atoms with van der Waals surface area (Å²) in [6, 6.07) is 0.716. The lowest BCUT2D eigenvalue weighted by Crippen LogP contribution is -2.47. The minimum Gasteiger partial charge on any atom is -0.341 e. The second-order valence-corrected chi connectivity index (χ2v) is 6.80. The minimum absolute atomic E-state index is 0.0260. The van der Waals surface area contributed by atoms with Gasteiger partial charge in [0, 0.05) is 19.1 Å². The van der Waals surface area contributed by atoms with Crippen molar-refractivity contribution in [3.8, 4) is 0 Å². The number of amides is 1. The van der Waals surface area contributed by atoms with Crippen molar-refractivity contribution in [3.05, 3.63) is 0 Å². The quantitative estimate of drug-likeness (QED) is 0.763. The molecule has 122 valence electrons. The number of nitrogens with zero attached hydrogens (tertiary/aromatic N) is 2. The average Bonchev–Trinajstić information content (AvgIpc) is 2.53. The number of likely N-dealkylation sites (tertiary alicyclic amines) is 2. The predicted molar refractivity (Wildman–Crippen MR) is 87.4 cm³/mol. The lowest BCUT2D eigenvalue weighted by atomic mass is 10.0. The van der Waals surface area contributed by atoms with E-state index in [-0.39, 0.29) is 6.04 Å². The van der Waals surface area contributed by atoms with Crippen LogP contribution in [0.5, 0.6) is 0 Å². The number of piperidine rings is 2. The van der Waals surface area contributed by atoms with Crippen LogP contribution in [0.3, 0.4) is 0 Å². The molecule has 0 aliphatic carbocycles. The summed E-state index contributed by atoms with van der Waals surface area (Å²) in [7, 11) is 0. The Kier molecular flexibility index (Phi) is 6.97. The van der Waals surface area contributed by atoms with Gasteiger partial charge in [-0.05, 0) is 72.0 Å². The smallest absolute Gasteiger partial charge is 0.239 e. The van der Waals surface area contributed by atoms with Gasteiger partial charge >= 0.3 is 0 Å². The van der Waals surface area contributed by atoms with Crippen LogP contribution >= 0.6 is 0 Å². The van der Waals surface area contributed by atoms with Gasteiger partial charge in [-0.1, -0.05) is 6.42 Å². The molecule has 1 amide bonds. The molecule has 4 nitrogen and oxygen atoms in total. The molecule has 0 aromatic carbocycles. The molecule has 2 aliphatic heterocycles. The van der Waals surface area contributed by atoms with E-state index in [1.165, 1.54) is 51.6 Å². The Bertz CT molecular complexity index is 315. The summed E-state index contributed by atoms with van der Waals surface area (Å²) >= 11 is 0. The van der Waals surface area contributed by atoms with E-state index in [9.17, 15) is 4.79 Å². The number of nitrogens with one attached hydrogen (secondary N) is 1. The van der Waals surface area contributed by atoms with E-state index in [1.807, 2.05) is 11.8 Å². The number of rotatable bonds is 6. The Hall–Kier alpha value is -0.610. The predicted octanol–water partition coefficient (Wildman–Crippen LogP) is 2.24. The highest BCUT2D eigenvalue weighted by molar-refractivity contribution is 5.81. The van der Waals surface area contributed by atoms with Crippen LogP contribution in [0.2, 0.25) is 0 Å². The molecule has 2 aliphatic rings. The highest BCUT2D eigenvalue weighted by Gasteiger charge is 2.22. The molecule has 2 saturated heterocycles. The first-order chi connectivity index (χ1) is 10.2. The lowest BCUT2D eigenvalue weighted by Gasteiger charge is -2.33. The summed E-state index contributed by atoms with van der Waals surface area (Å²) in [6.07, 6.45) is 8.84. The van der Waals surface area contributed by atoms with Crippen LogP contribution in [0, 0.1) is 0 Å². The van der Waals surface area contributed by atoms with E-state index in [0.29, 0.717) is 5.91 Å². The Morgan fingerprint density at radius 3 is 2.57 bits per heavy atom. The van der Waals surface area contributed by atoms with Gasteiger partial charge in [-0.3, -0.25) is 4.79 Å². The zero-order valence-electron chi connectivity index (χ0n) is 13.9. The normalized spacial score (nSPS) is 25.8. The highest BCUT2D eigenvalue weighted by atomic mass is 16.2. The van der Waals surface area contributed by atoms with Crippen molar-refractivity contribution in [1.29, 1.82) is 0 Å². The molecule has 2 heterocycles. The van der Waals surface area contributed by atoms with Crippen LogP contribution < -0.4 is 5.32 Å². The topological polar surface area (TPSA) is 35.6 Å². The average molecular weight is 295 g/mol. The number of carbonyl (C=O) groups excluding carboxylic acids is 1. The molecule has 2 rings (SSSR count). The summed E-state index contributed by atoms with van der Waals surface area (Å²) in [6.45, 7) is 9.63. The number of carbonyl (C=O) groups is 1. The Balaban J connectivity index is 1.60. The van der Waals surface area contributed by atoms with Gasteiger partial charge in [-0.2, -0.15) is 0 Å². The van der Waals surface area contributed by atoms with Crippen LogP contribution in [0.15, 0.2) is 0 Å². The third kappa shape index (κ3) is 5.26. The van der Waals surface area contributed by atoms with Crippen LogP contribution in [-0.2, 0) is 4.79 Å². The summed E-state index contributed by atoms with van der Waals surface area (Å²) in [4.78, 5) is 16.9. The van der Waals surface area contributed by atoms with Gasteiger partial charge in [-0.25, -0.2) is 0 Å². The summed E-state index contributed by atoms with van der Waals surface area (Å²) in [5.74, 6) is 0.293. The minimum atomic E-state index is -0.0260. The Morgan fingerprint density at radius 2 is 1.86 bits per heavy atom. The fourth-order valence-corrected chi connectivity index (χ4v) is 3.57. The van der Waals surface area contributed by atoms with E-state index in [2.05, 4.69) is 17.1 Å². The van der Waals surface area contributed by atoms with Crippen molar-refractivity contribution >= 4 is 5.91 Å². The third-order valence-electron chi connectivity index (χ3n) is 5.05. The molecule has 0 bridgehead atoms. The molecule has 21 heavy (non-hydrogen) atoms. The summed E-state index contributed by atoms with van der Waals surface area (Å²) in [5, 5.41) is 3.42. The lowest BCUT2D eigenvalue weighted by molar-refractivity contribution is -0.133. The van der Waals surface area contributed by atoms with Gasteiger partial charge in [0.25, 0.3) is 0 Å². The van der Waals surface area contributed by atoms with E-state index >= 15 is 0 Å². The molecule has 1 N–H and O–H groups in total. The van der Waals surface area contributed by atoms with Gasteiger partial charge in [-0.15, -0.1) is 0 Å². The van der Waals surface area contributed by atoms with Crippen LogP contribution in [0.25, 0.3) is 0 Å². The maximum atomic E-state index is 12.3. The summed E-state index contributed by atoms with van der Waals surface area (Å²) in [5.41, 5.74) is 0. The van der Waals surface area contributed by atoms with Crippen molar-refractivity contribution in [2.24, 2.45) is 0 Å². The first-order valence-corrected chi connectivity index (χ1v) is 8.94. The van der Waals surface area contributed by atoms with E-state index in [0.717, 1.165) is 32.1 Å². The fourth-order valence-electron chi connectivity index (χ4n) is 3.57. The third-order valence-corrected chi connectivity index (χ3v) is 5.05. The molecule has 0 spiro atoms. The first-order valence-electron chi connectivity index (χ1n) is 8.94. The molecular formula is C17H33N3O. The molecule has 2 atom stereocenters. The number of hydrogen-bond acceptors (Lipinski definition) is 3. The van der Waals surface area contributed by atoms with Crippen molar-refractivity contribution in [1.82, 2.24) is 15.1 Å². The standard InChI is InChI=1S/C17H33N3O/c1-15-9-4-7-11-19(15)14-8-10-18-16(2)17(21)20-12-5-3-6-13-20/h15-16,18H,3-14H2,1-2H3. The van der Waals surface area contributed by atoms with Gasteiger partial charge < -0.3 is 15.1 Å². The molecule has 0 radical (unpaired) electrons. The molecule has 4 heteroatoms. The largest absolute Gasteiger partial charge is 0.341 e. The SMILES string of the molecule is CC(NCCCN1CCCCC1C)C(=O)N1CCCCC1. The van der Waals surface area contributed by atoms with Crippen molar-refractivity contribution in [2.75, 3.05) is 32.7 Å². The molecule has 0 saturated carbocycles. The molecule has 2 fully saturated rings. The zero-order chi connectivity index (χ0) is 15.1. The van der Waals surface area contributed by atoms with Crippen molar-refractivity contribution in [2.45, 2.75) is 70.9 Å². The van der Waals surface area contributed by atoms with E-state index in [4.69, 9.17) is 0 Å². The molecule has 0 aromatic heterocycles.